The van der Waals surface area contributed by atoms with Gasteiger partial charge in [0.2, 0.25) is 6.79 Å². The fourth-order valence-corrected chi connectivity index (χ4v) is 4.78. The Bertz CT molecular complexity index is 1090. The summed E-state index contributed by atoms with van der Waals surface area (Å²) >= 11 is 1.48. The first-order valence-corrected chi connectivity index (χ1v) is 11.7. The normalized spacial score (nSPS) is 15.7. The molecule has 0 saturated carbocycles. The molecule has 0 radical (unpaired) electrons. The largest absolute Gasteiger partial charge is 0.489 e. The highest BCUT2D eigenvalue weighted by molar-refractivity contribution is 7.12. The number of amides is 1. The molecule has 0 unspecified atom stereocenters. The number of hydrogen-bond acceptors (Lipinski definition) is 6. The van der Waals surface area contributed by atoms with Gasteiger partial charge in [-0.3, -0.25) is 9.69 Å². The molecule has 2 aliphatic rings. The van der Waals surface area contributed by atoms with Crippen LogP contribution in [0.15, 0.2) is 53.9 Å². The van der Waals surface area contributed by atoms with Crippen molar-refractivity contribution in [1.29, 1.82) is 0 Å². The van der Waals surface area contributed by atoms with E-state index in [1.54, 1.807) is 0 Å². The van der Waals surface area contributed by atoms with Gasteiger partial charge in [0.1, 0.15) is 12.4 Å². The van der Waals surface area contributed by atoms with E-state index in [0.29, 0.717) is 12.4 Å². The predicted octanol–water partition coefficient (Wildman–Crippen LogP) is 4.32. The van der Waals surface area contributed by atoms with Crippen molar-refractivity contribution in [3.05, 3.63) is 75.5 Å². The maximum Gasteiger partial charge on any atom is 0.264 e. The monoisotopic (exact) mass is 450 g/mol. The second kappa shape index (κ2) is 9.22. The molecule has 166 valence electrons. The van der Waals surface area contributed by atoms with Crippen LogP contribution in [0.25, 0.3) is 0 Å². The van der Waals surface area contributed by atoms with Gasteiger partial charge >= 0.3 is 0 Å². The Morgan fingerprint density at radius 3 is 2.56 bits per heavy atom. The Morgan fingerprint density at radius 1 is 0.969 bits per heavy atom. The van der Waals surface area contributed by atoms with Crippen LogP contribution < -0.4 is 14.2 Å². The molecule has 1 saturated heterocycles. The topological polar surface area (TPSA) is 51.2 Å². The third-order valence-corrected chi connectivity index (χ3v) is 6.77. The summed E-state index contributed by atoms with van der Waals surface area (Å²) < 4.78 is 16.6. The molecule has 1 amide bonds. The zero-order valence-electron chi connectivity index (χ0n) is 18.1. The average Bonchev–Trinajstić information content (AvgIpc) is 3.48. The van der Waals surface area contributed by atoms with Gasteiger partial charge in [-0.1, -0.05) is 29.8 Å². The quantitative estimate of drug-likeness (QED) is 0.560. The highest BCUT2D eigenvalue weighted by Crippen LogP contribution is 2.35. The Labute approximate surface area is 191 Å². The molecule has 0 bridgehead atoms. The number of fused-ring (bicyclic) bond motifs is 1. The number of aryl methyl sites for hydroxylation is 1. The first-order valence-electron chi connectivity index (χ1n) is 10.8. The van der Waals surface area contributed by atoms with Gasteiger partial charge < -0.3 is 19.1 Å². The van der Waals surface area contributed by atoms with Crippen LogP contribution in [0.1, 0.15) is 26.4 Å². The Hall–Kier alpha value is -3.03. The van der Waals surface area contributed by atoms with E-state index in [-0.39, 0.29) is 12.7 Å². The summed E-state index contributed by atoms with van der Waals surface area (Å²) in [5, 5.41) is 1.99. The van der Waals surface area contributed by atoms with Crippen LogP contribution >= 0.6 is 11.3 Å². The van der Waals surface area contributed by atoms with Crippen LogP contribution in [0.2, 0.25) is 0 Å². The maximum absolute atomic E-state index is 13.0. The van der Waals surface area contributed by atoms with Crippen molar-refractivity contribution >= 4 is 17.2 Å². The predicted molar refractivity (Wildman–Crippen MR) is 124 cm³/mol. The van der Waals surface area contributed by atoms with Crippen molar-refractivity contribution in [2.45, 2.75) is 20.1 Å². The van der Waals surface area contributed by atoms with Crippen molar-refractivity contribution in [2.24, 2.45) is 0 Å². The summed E-state index contributed by atoms with van der Waals surface area (Å²) in [6, 6.07) is 16.2. The number of hydrogen-bond donors (Lipinski definition) is 0. The van der Waals surface area contributed by atoms with Gasteiger partial charge in [0.05, 0.1) is 4.88 Å². The van der Waals surface area contributed by atoms with Gasteiger partial charge in [0.25, 0.3) is 5.91 Å². The van der Waals surface area contributed by atoms with E-state index >= 15 is 0 Å². The number of carbonyl (C=O) groups is 1. The van der Waals surface area contributed by atoms with Crippen LogP contribution in [-0.4, -0.2) is 48.7 Å². The third-order valence-electron chi connectivity index (χ3n) is 5.80. The Kier molecular flexibility index (Phi) is 6.01. The number of nitrogens with zero attached hydrogens (tertiary/aromatic N) is 2. The van der Waals surface area contributed by atoms with Crippen LogP contribution in [0.5, 0.6) is 17.2 Å². The van der Waals surface area contributed by atoms with Gasteiger partial charge in [-0.2, -0.15) is 0 Å². The molecule has 5 rings (SSSR count). The Morgan fingerprint density at radius 2 is 1.75 bits per heavy atom. The molecule has 3 aromatic rings. The van der Waals surface area contributed by atoms with Crippen molar-refractivity contribution in [2.75, 3.05) is 33.0 Å². The van der Waals surface area contributed by atoms with Crippen LogP contribution in [-0.2, 0) is 13.2 Å². The van der Waals surface area contributed by atoms with Crippen molar-refractivity contribution in [1.82, 2.24) is 9.80 Å². The minimum Gasteiger partial charge on any atom is -0.489 e. The number of ether oxygens (including phenoxy) is 3. The lowest BCUT2D eigenvalue weighted by atomic mass is 10.1. The molecule has 1 aromatic heterocycles. The molecule has 3 heterocycles. The molecule has 6 nitrogen and oxygen atoms in total. The van der Waals surface area contributed by atoms with Gasteiger partial charge in [0, 0.05) is 44.4 Å². The van der Waals surface area contributed by atoms with Crippen LogP contribution in [0, 0.1) is 6.92 Å². The summed E-state index contributed by atoms with van der Waals surface area (Å²) in [6.45, 7) is 6.99. The van der Waals surface area contributed by atoms with Crippen LogP contribution in [0.4, 0.5) is 0 Å². The van der Waals surface area contributed by atoms with Gasteiger partial charge in [-0.25, -0.2) is 0 Å². The van der Waals surface area contributed by atoms with Gasteiger partial charge in [-0.15, -0.1) is 11.3 Å². The first kappa shape index (κ1) is 20.8. The first-order chi connectivity index (χ1) is 15.6. The van der Waals surface area contributed by atoms with Gasteiger partial charge in [-0.05, 0) is 36.1 Å². The molecule has 7 heteroatoms. The number of rotatable bonds is 6. The second-order valence-electron chi connectivity index (χ2n) is 8.18. The third kappa shape index (κ3) is 4.74. The molecule has 0 N–H and O–H groups in total. The summed E-state index contributed by atoms with van der Waals surface area (Å²) in [6.07, 6.45) is 0. The van der Waals surface area contributed by atoms with E-state index in [2.05, 4.69) is 36.1 Å². The van der Waals surface area contributed by atoms with E-state index in [9.17, 15) is 4.79 Å². The van der Waals surface area contributed by atoms with E-state index in [4.69, 9.17) is 14.2 Å². The maximum atomic E-state index is 13.0. The summed E-state index contributed by atoms with van der Waals surface area (Å²) in [4.78, 5) is 18.1. The zero-order valence-corrected chi connectivity index (χ0v) is 18.9. The lowest BCUT2D eigenvalue weighted by Crippen LogP contribution is -2.48. The molecule has 32 heavy (non-hydrogen) atoms. The highest BCUT2D eigenvalue weighted by atomic mass is 32.1. The van der Waals surface area contributed by atoms with Crippen LogP contribution in [0.3, 0.4) is 0 Å². The minimum absolute atomic E-state index is 0.110. The summed E-state index contributed by atoms with van der Waals surface area (Å²) in [5.74, 6) is 2.27. The van der Waals surface area contributed by atoms with E-state index in [1.807, 2.05) is 34.5 Å². The molecule has 1 fully saturated rings. The lowest BCUT2D eigenvalue weighted by molar-refractivity contribution is 0.0633. The molecule has 2 aromatic carbocycles. The molecule has 0 aliphatic carbocycles. The molecule has 2 aliphatic heterocycles. The SMILES string of the molecule is Cc1ccc(CN2CCN(C(=O)c3cc(COc4ccc5c(c4)OCO5)cs3)CC2)cc1. The average molecular weight is 451 g/mol. The lowest BCUT2D eigenvalue weighted by Gasteiger charge is -2.34. The fourth-order valence-electron chi connectivity index (χ4n) is 3.91. The molecular formula is C25H26N2O4S. The highest BCUT2D eigenvalue weighted by Gasteiger charge is 2.23. The number of benzene rings is 2. The Balaban J connectivity index is 1.12. The molecule has 0 spiro atoms. The van der Waals surface area contributed by atoms with Gasteiger partial charge in [0.15, 0.2) is 11.5 Å². The zero-order chi connectivity index (χ0) is 21.9. The standard InChI is InChI=1S/C25H26N2O4S/c1-18-2-4-19(5-3-18)14-26-8-10-27(11-9-26)25(28)24-12-20(16-32-24)15-29-21-6-7-22-23(13-21)31-17-30-22/h2-7,12-13,16H,8-11,14-15,17H2,1H3. The van der Waals surface area contributed by atoms with E-state index in [0.717, 1.165) is 54.7 Å². The second-order valence-corrected chi connectivity index (χ2v) is 9.09. The number of carbonyl (C=O) groups excluding carboxylic acids is 1. The number of piperazine rings is 1. The molecule has 0 atom stereocenters. The summed E-state index contributed by atoms with van der Waals surface area (Å²) in [7, 11) is 0. The minimum atomic E-state index is 0.110. The van der Waals surface area contributed by atoms with Crippen molar-refractivity contribution in [3.8, 4) is 17.2 Å². The van der Waals surface area contributed by atoms with E-state index in [1.165, 1.54) is 22.5 Å². The van der Waals surface area contributed by atoms with Crippen molar-refractivity contribution in [3.63, 3.8) is 0 Å². The smallest absolute Gasteiger partial charge is 0.264 e. The fraction of sp³-hybridized carbons (Fsp3) is 0.320. The summed E-state index contributed by atoms with van der Waals surface area (Å²) in [5.41, 5.74) is 3.59. The van der Waals surface area contributed by atoms with Crippen molar-refractivity contribution < 1.29 is 19.0 Å². The number of thiophene rings is 1. The van der Waals surface area contributed by atoms with E-state index < -0.39 is 0 Å². The molecular weight excluding hydrogens is 424 g/mol.